The highest BCUT2D eigenvalue weighted by atomic mass is 14.9. The van der Waals surface area contributed by atoms with Crippen LogP contribution in [-0.2, 0) is 6.42 Å². The monoisotopic (exact) mass is 190 g/mol. The molecule has 0 atom stereocenters. The van der Waals surface area contributed by atoms with Crippen LogP contribution in [0.4, 0.5) is 5.69 Å². The fourth-order valence-corrected chi connectivity index (χ4v) is 1.55. The summed E-state index contributed by atoms with van der Waals surface area (Å²) in [6.45, 7) is 1.11. The van der Waals surface area contributed by atoms with Gasteiger partial charge >= 0.3 is 0 Å². The molecule has 0 amide bonds. The third kappa shape index (κ3) is 2.74. The Kier molecular flexibility index (Phi) is 3.04. The molecule has 1 aromatic rings. The van der Waals surface area contributed by atoms with Crippen molar-refractivity contribution >= 4 is 5.69 Å². The Morgan fingerprint density at radius 2 is 1.93 bits per heavy atom. The van der Waals surface area contributed by atoms with Gasteiger partial charge in [-0.2, -0.15) is 0 Å². The lowest BCUT2D eigenvalue weighted by atomic mass is 10.1. The zero-order valence-electron chi connectivity index (χ0n) is 8.72. The summed E-state index contributed by atoms with van der Waals surface area (Å²) in [5, 5.41) is 6.64. The van der Waals surface area contributed by atoms with Crippen molar-refractivity contribution in [2.75, 3.05) is 18.9 Å². The van der Waals surface area contributed by atoms with Gasteiger partial charge in [0.05, 0.1) is 0 Å². The van der Waals surface area contributed by atoms with Crippen LogP contribution >= 0.6 is 0 Å². The van der Waals surface area contributed by atoms with E-state index in [9.17, 15) is 0 Å². The van der Waals surface area contributed by atoms with Crippen LogP contribution < -0.4 is 10.6 Å². The Morgan fingerprint density at radius 3 is 2.50 bits per heavy atom. The highest BCUT2D eigenvalue weighted by Gasteiger charge is 2.19. The second-order valence-electron chi connectivity index (χ2n) is 3.93. The summed E-state index contributed by atoms with van der Waals surface area (Å²) in [4.78, 5) is 0. The number of benzene rings is 1. The summed E-state index contributed by atoms with van der Waals surface area (Å²) in [6.07, 6.45) is 3.89. The second kappa shape index (κ2) is 4.47. The molecule has 2 heteroatoms. The van der Waals surface area contributed by atoms with Crippen molar-refractivity contribution in [1.82, 2.24) is 5.32 Å². The molecule has 2 rings (SSSR count). The molecule has 0 radical (unpaired) electrons. The third-order valence-electron chi connectivity index (χ3n) is 2.67. The number of hydrogen-bond acceptors (Lipinski definition) is 2. The van der Waals surface area contributed by atoms with Gasteiger partial charge in [0.25, 0.3) is 0 Å². The normalized spacial score (nSPS) is 15.5. The van der Waals surface area contributed by atoms with Crippen molar-refractivity contribution in [2.24, 2.45) is 0 Å². The summed E-state index contributed by atoms with van der Waals surface area (Å²) in [7, 11) is 1.95. The predicted molar refractivity (Wildman–Crippen MR) is 60.7 cm³/mol. The first-order valence-corrected chi connectivity index (χ1v) is 5.38. The van der Waals surface area contributed by atoms with E-state index in [0.717, 1.165) is 19.0 Å². The first-order valence-electron chi connectivity index (χ1n) is 5.38. The molecule has 0 aliphatic heterocycles. The summed E-state index contributed by atoms with van der Waals surface area (Å²) >= 11 is 0. The van der Waals surface area contributed by atoms with Gasteiger partial charge in [0.15, 0.2) is 0 Å². The molecule has 0 spiro atoms. The maximum absolute atomic E-state index is 3.52. The van der Waals surface area contributed by atoms with Gasteiger partial charge in [-0.05, 0) is 43.5 Å². The van der Waals surface area contributed by atoms with Crippen molar-refractivity contribution in [3.63, 3.8) is 0 Å². The van der Waals surface area contributed by atoms with Crippen LogP contribution in [0.2, 0.25) is 0 Å². The maximum atomic E-state index is 3.52. The van der Waals surface area contributed by atoms with Gasteiger partial charge in [-0.25, -0.2) is 0 Å². The van der Waals surface area contributed by atoms with Gasteiger partial charge < -0.3 is 10.6 Å². The summed E-state index contributed by atoms with van der Waals surface area (Å²) in [6, 6.07) is 9.48. The highest BCUT2D eigenvalue weighted by Crippen LogP contribution is 2.18. The van der Waals surface area contributed by atoms with Crippen molar-refractivity contribution in [2.45, 2.75) is 25.3 Å². The first-order chi connectivity index (χ1) is 6.88. The van der Waals surface area contributed by atoms with E-state index in [0.29, 0.717) is 0 Å². The Labute approximate surface area is 85.7 Å². The zero-order chi connectivity index (χ0) is 9.80. The molecule has 0 bridgehead atoms. The van der Waals surface area contributed by atoms with Gasteiger partial charge in [-0.1, -0.05) is 12.1 Å². The van der Waals surface area contributed by atoms with E-state index in [1.54, 1.807) is 0 Å². The summed E-state index contributed by atoms with van der Waals surface area (Å²) in [5.41, 5.74) is 2.60. The van der Waals surface area contributed by atoms with Gasteiger partial charge in [-0.15, -0.1) is 0 Å². The second-order valence-corrected chi connectivity index (χ2v) is 3.93. The molecule has 76 valence electrons. The third-order valence-corrected chi connectivity index (χ3v) is 2.67. The van der Waals surface area contributed by atoms with Gasteiger partial charge in [0, 0.05) is 18.8 Å². The fraction of sp³-hybridized carbons (Fsp3) is 0.500. The Balaban J connectivity index is 1.77. The molecule has 0 saturated heterocycles. The number of hydrogen-bond donors (Lipinski definition) is 2. The molecular formula is C12H18N2. The minimum absolute atomic E-state index is 0.826. The largest absolute Gasteiger partial charge is 0.388 e. The van der Waals surface area contributed by atoms with Crippen LogP contribution in [0.15, 0.2) is 24.3 Å². The Bertz CT molecular complexity index is 275. The minimum Gasteiger partial charge on any atom is -0.388 e. The molecule has 1 aromatic carbocycles. The van der Waals surface area contributed by atoms with E-state index in [4.69, 9.17) is 0 Å². The number of rotatable bonds is 5. The van der Waals surface area contributed by atoms with E-state index in [1.807, 2.05) is 7.05 Å². The van der Waals surface area contributed by atoms with Crippen LogP contribution in [-0.4, -0.2) is 19.6 Å². The van der Waals surface area contributed by atoms with Crippen LogP contribution in [0.1, 0.15) is 18.4 Å². The number of anilines is 1. The molecule has 1 aliphatic rings. The maximum Gasteiger partial charge on any atom is 0.0337 e. The molecule has 1 aliphatic carbocycles. The van der Waals surface area contributed by atoms with Crippen LogP contribution in [0.25, 0.3) is 0 Å². The molecule has 0 unspecified atom stereocenters. The minimum atomic E-state index is 0.826. The lowest BCUT2D eigenvalue weighted by molar-refractivity contribution is 0.682. The molecular weight excluding hydrogens is 172 g/mol. The predicted octanol–water partition coefficient (Wildman–Crippen LogP) is 2.02. The lowest BCUT2D eigenvalue weighted by Crippen LogP contribution is -2.19. The SMILES string of the molecule is CNc1ccc(CCNC2CC2)cc1. The van der Waals surface area contributed by atoms with Gasteiger partial charge in [0.1, 0.15) is 0 Å². The van der Waals surface area contributed by atoms with Crippen LogP contribution in [0.5, 0.6) is 0 Å². The van der Waals surface area contributed by atoms with Gasteiger partial charge in [-0.3, -0.25) is 0 Å². The number of nitrogens with one attached hydrogen (secondary N) is 2. The van der Waals surface area contributed by atoms with Gasteiger partial charge in [0.2, 0.25) is 0 Å². The standard InChI is InChI=1S/C12H18N2/c1-13-11-4-2-10(3-5-11)8-9-14-12-6-7-12/h2-5,12-14H,6-9H2,1H3. The quantitative estimate of drug-likeness (QED) is 0.742. The summed E-state index contributed by atoms with van der Waals surface area (Å²) < 4.78 is 0. The molecule has 2 N–H and O–H groups in total. The lowest BCUT2D eigenvalue weighted by Gasteiger charge is -2.04. The molecule has 0 heterocycles. The van der Waals surface area contributed by atoms with E-state index >= 15 is 0 Å². The molecule has 2 nitrogen and oxygen atoms in total. The summed E-state index contributed by atoms with van der Waals surface area (Å²) in [5.74, 6) is 0. The van der Waals surface area contributed by atoms with Crippen molar-refractivity contribution in [3.8, 4) is 0 Å². The zero-order valence-corrected chi connectivity index (χ0v) is 8.72. The van der Waals surface area contributed by atoms with Crippen molar-refractivity contribution < 1.29 is 0 Å². The Morgan fingerprint density at radius 1 is 1.21 bits per heavy atom. The topological polar surface area (TPSA) is 24.1 Å². The van der Waals surface area contributed by atoms with Crippen LogP contribution in [0.3, 0.4) is 0 Å². The van der Waals surface area contributed by atoms with Crippen molar-refractivity contribution in [3.05, 3.63) is 29.8 Å². The molecule has 1 saturated carbocycles. The van der Waals surface area contributed by atoms with E-state index in [2.05, 4.69) is 34.9 Å². The average molecular weight is 190 g/mol. The van der Waals surface area contributed by atoms with Crippen molar-refractivity contribution in [1.29, 1.82) is 0 Å². The van der Waals surface area contributed by atoms with E-state index in [1.165, 1.54) is 24.1 Å². The highest BCUT2D eigenvalue weighted by molar-refractivity contribution is 5.43. The average Bonchev–Trinajstić information content (AvgIpc) is 3.03. The molecule has 0 aromatic heterocycles. The van der Waals surface area contributed by atoms with Crippen LogP contribution in [0, 0.1) is 0 Å². The smallest absolute Gasteiger partial charge is 0.0337 e. The molecule has 14 heavy (non-hydrogen) atoms. The Hall–Kier alpha value is -1.02. The van der Waals surface area contributed by atoms with E-state index in [-0.39, 0.29) is 0 Å². The molecule has 1 fully saturated rings. The first kappa shape index (κ1) is 9.53. The van der Waals surface area contributed by atoms with E-state index < -0.39 is 0 Å². The fourth-order valence-electron chi connectivity index (χ4n) is 1.55.